The molecule has 1 amide bonds. The Bertz CT molecular complexity index is 1220. The molecule has 0 aliphatic carbocycles. The van der Waals surface area contributed by atoms with Crippen LogP contribution >= 0.6 is 23.1 Å². The van der Waals surface area contributed by atoms with Crippen LogP contribution < -0.4 is 10.1 Å². The number of aromatic nitrogens is 3. The third-order valence-electron chi connectivity index (χ3n) is 5.18. The zero-order valence-corrected chi connectivity index (χ0v) is 22.2. The van der Waals surface area contributed by atoms with Crippen LogP contribution in [-0.2, 0) is 22.5 Å². The zero-order valence-electron chi connectivity index (χ0n) is 20.6. The van der Waals surface area contributed by atoms with Crippen molar-refractivity contribution < 1.29 is 19.1 Å². The summed E-state index contributed by atoms with van der Waals surface area (Å²) in [6.45, 7) is 12.3. The fourth-order valence-corrected chi connectivity index (χ4v) is 5.20. The number of benzene rings is 1. The molecule has 186 valence electrons. The van der Waals surface area contributed by atoms with Crippen LogP contribution in [0.25, 0.3) is 0 Å². The van der Waals surface area contributed by atoms with Gasteiger partial charge in [-0.2, -0.15) is 0 Å². The fraction of sp³-hybridized carbons (Fsp3) is 0.360. The topological polar surface area (TPSA) is 95.3 Å². The molecule has 1 N–H and O–H groups in total. The lowest BCUT2D eigenvalue weighted by Crippen LogP contribution is -2.16. The summed E-state index contributed by atoms with van der Waals surface area (Å²) in [4.78, 5) is 25.7. The van der Waals surface area contributed by atoms with E-state index in [0.717, 1.165) is 22.6 Å². The van der Waals surface area contributed by atoms with Crippen LogP contribution in [0.5, 0.6) is 5.75 Å². The number of nitrogens with zero attached hydrogens (tertiary/aromatic N) is 3. The molecule has 0 aliphatic heterocycles. The molecule has 2 heterocycles. The Morgan fingerprint density at radius 2 is 2.06 bits per heavy atom. The fourth-order valence-electron chi connectivity index (χ4n) is 3.45. The minimum Gasteiger partial charge on any atom is -0.482 e. The second-order valence-electron chi connectivity index (χ2n) is 7.91. The highest BCUT2D eigenvalue weighted by atomic mass is 32.2. The van der Waals surface area contributed by atoms with Crippen LogP contribution in [0, 0.1) is 13.8 Å². The number of aryl methyl sites for hydroxylation is 3. The van der Waals surface area contributed by atoms with E-state index in [0.29, 0.717) is 28.1 Å². The molecule has 3 aromatic rings. The summed E-state index contributed by atoms with van der Waals surface area (Å²) in [5, 5.41) is 12.5. The van der Waals surface area contributed by atoms with Gasteiger partial charge < -0.3 is 14.8 Å². The van der Waals surface area contributed by atoms with Gasteiger partial charge in [-0.15, -0.1) is 28.1 Å². The number of anilines is 1. The molecule has 1 atom stereocenters. The largest absolute Gasteiger partial charge is 0.482 e. The highest BCUT2D eigenvalue weighted by Crippen LogP contribution is 2.30. The average Bonchev–Trinajstić information content (AvgIpc) is 3.43. The van der Waals surface area contributed by atoms with E-state index in [-0.39, 0.29) is 17.8 Å². The number of ether oxygens (including phenoxy) is 2. The molecule has 0 saturated heterocycles. The van der Waals surface area contributed by atoms with Gasteiger partial charge >= 0.3 is 5.97 Å². The lowest BCUT2D eigenvalue weighted by molar-refractivity contribution is -0.113. The van der Waals surface area contributed by atoms with Crippen molar-refractivity contribution in [2.45, 2.75) is 51.9 Å². The molecule has 1 aromatic carbocycles. The molecular weight excluding hydrogens is 484 g/mol. The Hall–Kier alpha value is -3.11. The van der Waals surface area contributed by atoms with Gasteiger partial charge in [0, 0.05) is 11.4 Å². The van der Waals surface area contributed by atoms with Gasteiger partial charge in [0.25, 0.3) is 0 Å². The molecule has 3 rings (SSSR count). The molecule has 1 unspecified atom stereocenters. The van der Waals surface area contributed by atoms with Gasteiger partial charge in [0.2, 0.25) is 5.91 Å². The van der Waals surface area contributed by atoms with Gasteiger partial charge in [0.1, 0.15) is 10.8 Å². The molecule has 10 heteroatoms. The van der Waals surface area contributed by atoms with Crippen molar-refractivity contribution in [2.24, 2.45) is 0 Å². The normalized spacial score (nSPS) is 11.7. The van der Waals surface area contributed by atoms with Crippen LogP contribution in [0.2, 0.25) is 0 Å². The second-order valence-corrected chi connectivity index (χ2v) is 9.99. The molecule has 0 fully saturated rings. The molecular formula is C25H30N4O4S2. The van der Waals surface area contributed by atoms with E-state index in [2.05, 4.69) is 28.2 Å². The summed E-state index contributed by atoms with van der Waals surface area (Å²) in [6.07, 6.45) is 2.16. The van der Waals surface area contributed by atoms with Crippen LogP contribution in [0.4, 0.5) is 5.00 Å². The number of hydrogen-bond acceptors (Lipinski definition) is 8. The van der Waals surface area contributed by atoms with Crippen molar-refractivity contribution >= 4 is 40.0 Å². The first kappa shape index (κ1) is 26.5. The number of allylic oxidation sites excluding steroid dienone is 1. The van der Waals surface area contributed by atoms with Gasteiger partial charge in [-0.1, -0.05) is 42.5 Å². The summed E-state index contributed by atoms with van der Waals surface area (Å²) in [5.41, 5.74) is 2.58. The first-order chi connectivity index (χ1) is 16.8. The number of rotatable bonds is 11. The van der Waals surface area contributed by atoms with E-state index in [1.54, 1.807) is 12.1 Å². The Morgan fingerprint density at radius 3 is 2.71 bits per heavy atom. The Morgan fingerprint density at radius 1 is 1.29 bits per heavy atom. The lowest BCUT2D eigenvalue weighted by atomic mass is 10.1. The van der Waals surface area contributed by atoms with Crippen LogP contribution in [-0.4, -0.2) is 39.5 Å². The van der Waals surface area contributed by atoms with Gasteiger partial charge in [-0.05, 0) is 44.9 Å². The second kappa shape index (κ2) is 12.0. The standard InChI is InChI=1S/C25H30N4O4S2/c1-7-11-29-22(17(5)33-20-10-9-15(3)12-16(20)4)27-28-25(29)34-14-21(30)26-23-19(24(31)32-6)13-18(8-2)35-23/h7,9-10,12-13,17H,1,8,11,14H2,2-6H3,(H,26,30). The molecule has 0 bridgehead atoms. The van der Waals surface area contributed by atoms with Crippen molar-refractivity contribution in [2.75, 3.05) is 18.2 Å². The third kappa shape index (κ3) is 6.52. The smallest absolute Gasteiger partial charge is 0.340 e. The van der Waals surface area contributed by atoms with E-state index in [4.69, 9.17) is 9.47 Å². The van der Waals surface area contributed by atoms with E-state index < -0.39 is 5.97 Å². The highest BCUT2D eigenvalue weighted by Gasteiger charge is 2.22. The van der Waals surface area contributed by atoms with Gasteiger partial charge in [0.15, 0.2) is 17.1 Å². The van der Waals surface area contributed by atoms with Gasteiger partial charge in [-0.3, -0.25) is 9.36 Å². The average molecular weight is 515 g/mol. The summed E-state index contributed by atoms with van der Waals surface area (Å²) in [7, 11) is 1.32. The van der Waals surface area contributed by atoms with Gasteiger partial charge in [-0.25, -0.2) is 4.79 Å². The molecule has 0 spiro atoms. The molecule has 0 aliphatic rings. The molecule has 0 saturated carbocycles. The van der Waals surface area contributed by atoms with Crippen molar-refractivity contribution in [1.29, 1.82) is 0 Å². The first-order valence-electron chi connectivity index (χ1n) is 11.2. The Balaban J connectivity index is 1.71. The number of esters is 1. The maximum absolute atomic E-state index is 12.7. The van der Waals surface area contributed by atoms with Crippen LogP contribution in [0.1, 0.15) is 52.1 Å². The Labute approximate surface area is 213 Å². The van der Waals surface area contributed by atoms with Crippen molar-refractivity contribution in [1.82, 2.24) is 14.8 Å². The zero-order chi connectivity index (χ0) is 25.5. The van der Waals surface area contributed by atoms with Crippen LogP contribution in [0.3, 0.4) is 0 Å². The van der Waals surface area contributed by atoms with Crippen molar-refractivity contribution in [3.8, 4) is 5.75 Å². The minimum absolute atomic E-state index is 0.0988. The predicted octanol–water partition coefficient (Wildman–Crippen LogP) is 5.36. The molecule has 8 nitrogen and oxygen atoms in total. The predicted molar refractivity (Wildman–Crippen MR) is 140 cm³/mol. The number of amides is 1. The molecule has 0 radical (unpaired) electrons. The minimum atomic E-state index is -0.475. The maximum Gasteiger partial charge on any atom is 0.340 e. The van der Waals surface area contributed by atoms with Gasteiger partial charge in [0.05, 0.1) is 18.4 Å². The van der Waals surface area contributed by atoms with E-state index in [1.165, 1.54) is 35.8 Å². The summed E-state index contributed by atoms with van der Waals surface area (Å²) in [6, 6.07) is 7.78. The number of thioether (sulfide) groups is 1. The summed E-state index contributed by atoms with van der Waals surface area (Å²) >= 11 is 2.63. The number of carbonyl (C=O) groups excluding carboxylic acids is 2. The highest BCUT2D eigenvalue weighted by molar-refractivity contribution is 7.99. The summed E-state index contributed by atoms with van der Waals surface area (Å²) < 4.78 is 12.9. The molecule has 2 aromatic heterocycles. The third-order valence-corrected chi connectivity index (χ3v) is 7.34. The number of methoxy groups -OCH3 is 1. The Kier molecular flexibility index (Phi) is 9.11. The van der Waals surface area contributed by atoms with Crippen LogP contribution in [0.15, 0.2) is 42.1 Å². The van der Waals surface area contributed by atoms with E-state index in [1.807, 2.05) is 44.4 Å². The quantitative estimate of drug-likeness (QED) is 0.209. The number of carbonyl (C=O) groups is 2. The molecule has 35 heavy (non-hydrogen) atoms. The number of hydrogen-bond donors (Lipinski definition) is 1. The monoisotopic (exact) mass is 514 g/mol. The first-order valence-corrected chi connectivity index (χ1v) is 13.0. The van der Waals surface area contributed by atoms with Crippen molar-refractivity contribution in [3.63, 3.8) is 0 Å². The number of nitrogens with one attached hydrogen (secondary N) is 1. The lowest BCUT2D eigenvalue weighted by Gasteiger charge is -2.17. The van der Waals surface area contributed by atoms with Crippen molar-refractivity contribution in [3.05, 3.63) is 64.3 Å². The summed E-state index contributed by atoms with van der Waals surface area (Å²) in [5.74, 6) is 0.804. The van der Waals surface area contributed by atoms with E-state index in [9.17, 15) is 9.59 Å². The maximum atomic E-state index is 12.7. The van der Waals surface area contributed by atoms with E-state index >= 15 is 0 Å². The SMILES string of the molecule is C=CCn1c(SCC(=O)Nc2sc(CC)cc2C(=O)OC)nnc1C(C)Oc1ccc(C)cc1C. The number of thiophene rings is 1.